The van der Waals surface area contributed by atoms with Crippen LogP contribution in [0.3, 0.4) is 0 Å². The number of fused-ring (bicyclic) bond motifs is 1. The van der Waals surface area contributed by atoms with Gasteiger partial charge < -0.3 is 19.7 Å². The van der Waals surface area contributed by atoms with Crippen LogP contribution in [0.1, 0.15) is 0 Å². The highest BCUT2D eigenvalue weighted by atomic mass is 79.9. The Balaban J connectivity index is 2.41. The first-order valence-electron chi connectivity index (χ1n) is 3.53. The van der Waals surface area contributed by atoms with Crippen molar-refractivity contribution >= 4 is 21.9 Å². The second-order valence-electron chi connectivity index (χ2n) is 2.98. The molecule has 4 atom stereocenters. The average Bonchev–Trinajstić information content (AvgIpc) is 2.40. The van der Waals surface area contributed by atoms with Crippen LogP contribution in [0.2, 0.25) is 0 Å². The molecule has 2 aliphatic rings. The van der Waals surface area contributed by atoms with E-state index in [1.165, 1.54) is 0 Å². The zero-order chi connectivity index (χ0) is 9.85. The predicted molar refractivity (Wildman–Crippen MR) is 39.6 cm³/mol. The Kier molecular flexibility index (Phi) is 1.73. The van der Waals surface area contributed by atoms with Crippen molar-refractivity contribution in [2.75, 3.05) is 6.61 Å². The Morgan fingerprint density at radius 2 is 2.31 bits per heavy atom. The first kappa shape index (κ1) is 9.32. The highest BCUT2D eigenvalue weighted by Gasteiger charge is 2.74. The van der Waals surface area contributed by atoms with Crippen molar-refractivity contribution in [2.24, 2.45) is 0 Å². The summed E-state index contributed by atoms with van der Waals surface area (Å²) in [6, 6.07) is 0. The predicted octanol–water partition coefficient (Wildman–Crippen LogP) is -0.948. The molecule has 0 aromatic carbocycles. The molecule has 2 fully saturated rings. The smallest absolute Gasteiger partial charge is 0.361 e. The molecule has 0 saturated carbocycles. The zero-order valence-corrected chi connectivity index (χ0v) is 7.82. The minimum absolute atomic E-state index is 0.272. The lowest BCUT2D eigenvalue weighted by Gasteiger charge is -2.24. The van der Waals surface area contributed by atoms with Crippen LogP contribution in [0.5, 0.6) is 0 Å². The summed E-state index contributed by atoms with van der Waals surface area (Å²) in [5, 5.41) is 18.7. The summed E-state index contributed by atoms with van der Waals surface area (Å²) in [6.45, 7) is -0.272. The van der Waals surface area contributed by atoms with E-state index in [9.17, 15) is 14.3 Å². The van der Waals surface area contributed by atoms with Gasteiger partial charge in [0.05, 0.1) is 6.61 Å². The van der Waals surface area contributed by atoms with Crippen LogP contribution < -0.4 is 0 Å². The van der Waals surface area contributed by atoms with Gasteiger partial charge in [0.2, 0.25) is 0 Å². The highest BCUT2D eigenvalue weighted by molar-refractivity contribution is 9.10. The van der Waals surface area contributed by atoms with Crippen LogP contribution in [-0.2, 0) is 14.3 Å². The lowest BCUT2D eigenvalue weighted by atomic mass is 10.1. The van der Waals surface area contributed by atoms with Gasteiger partial charge in [-0.15, -0.1) is 0 Å². The fraction of sp³-hybridized carbons (Fsp3) is 0.833. The van der Waals surface area contributed by atoms with E-state index in [0.717, 1.165) is 0 Å². The lowest BCUT2D eigenvalue weighted by molar-refractivity contribution is -0.217. The van der Waals surface area contributed by atoms with Crippen LogP contribution in [0.15, 0.2) is 0 Å². The van der Waals surface area contributed by atoms with E-state index in [1.54, 1.807) is 0 Å². The molecule has 2 saturated heterocycles. The molecule has 0 aliphatic carbocycles. The number of hydrogen-bond donors (Lipinski definition) is 2. The molecular weight excluding hydrogens is 251 g/mol. The summed E-state index contributed by atoms with van der Waals surface area (Å²) in [7, 11) is 0. The largest absolute Gasteiger partial charge is 0.450 e. The molecule has 0 aromatic rings. The fourth-order valence-corrected chi connectivity index (χ4v) is 1.84. The van der Waals surface area contributed by atoms with Gasteiger partial charge in [-0.3, -0.25) is 0 Å². The molecule has 2 aliphatic heterocycles. The Hall–Kier alpha value is -0.240. The van der Waals surface area contributed by atoms with E-state index in [1.807, 2.05) is 0 Å². The quantitative estimate of drug-likeness (QED) is 0.432. The first-order chi connectivity index (χ1) is 5.89. The minimum atomic E-state index is -2.80. The van der Waals surface area contributed by atoms with Crippen LogP contribution in [0, 0.1) is 0 Å². The molecule has 7 heteroatoms. The Bertz CT molecular complexity index is 270. The Labute approximate surface area is 80.6 Å². The van der Waals surface area contributed by atoms with E-state index < -0.39 is 28.5 Å². The Morgan fingerprint density at radius 1 is 1.69 bits per heavy atom. The van der Waals surface area contributed by atoms with Gasteiger partial charge >= 0.3 is 10.5 Å². The molecule has 0 bridgehead atoms. The number of aliphatic hydroxyl groups excluding tert-OH is 1. The number of rotatable bonds is 0. The number of carbonyl (C=O) groups is 1. The number of halogens is 2. The van der Waals surface area contributed by atoms with Gasteiger partial charge in [0.25, 0.3) is 5.79 Å². The summed E-state index contributed by atoms with van der Waals surface area (Å²) >= 11 is 2.37. The van der Waals surface area contributed by atoms with Crippen molar-refractivity contribution in [2.45, 2.75) is 22.6 Å². The first-order valence-corrected chi connectivity index (χ1v) is 4.32. The molecule has 2 rings (SSSR count). The number of hydrogen-bond acceptors (Lipinski definition) is 5. The van der Waals surface area contributed by atoms with Crippen LogP contribution in [0.25, 0.3) is 0 Å². The van der Waals surface area contributed by atoms with Crippen molar-refractivity contribution < 1.29 is 28.9 Å². The second kappa shape index (κ2) is 2.41. The molecule has 74 valence electrons. The van der Waals surface area contributed by atoms with Crippen molar-refractivity contribution in [1.82, 2.24) is 0 Å². The molecular formula is C6H6BrFO5. The van der Waals surface area contributed by atoms with Crippen LogP contribution >= 0.6 is 15.9 Å². The zero-order valence-electron chi connectivity index (χ0n) is 6.24. The Morgan fingerprint density at radius 3 is 2.85 bits per heavy atom. The van der Waals surface area contributed by atoms with E-state index >= 15 is 0 Å². The second-order valence-corrected chi connectivity index (χ2v) is 4.07. The SMILES string of the molecule is O=C1O[C@@H]2[C@@H](O)CO[C@]2(O)C1(F)Br. The number of esters is 1. The van der Waals surface area contributed by atoms with Gasteiger partial charge in [-0.1, -0.05) is 0 Å². The van der Waals surface area contributed by atoms with E-state index in [4.69, 9.17) is 5.11 Å². The van der Waals surface area contributed by atoms with Gasteiger partial charge in [-0.25, -0.2) is 9.18 Å². The van der Waals surface area contributed by atoms with Crippen molar-refractivity contribution in [1.29, 1.82) is 0 Å². The maximum atomic E-state index is 13.5. The van der Waals surface area contributed by atoms with E-state index in [-0.39, 0.29) is 6.61 Å². The molecule has 2 N–H and O–H groups in total. The standard InChI is InChI=1S/C6H6BrFO5/c7-5(8)4(10)13-3-2(9)1-12-6(3,5)11/h2-3,9,11H,1H2/t2-,3+,5?,6-/m0/s1. The molecule has 13 heavy (non-hydrogen) atoms. The summed E-state index contributed by atoms with van der Waals surface area (Å²) in [5.74, 6) is -3.72. The highest BCUT2D eigenvalue weighted by Crippen LogP contribution is 2.48. The molecule has 1 unspecified atom stereocenters. The molecule has 0 amide bonds. The summed E-state index contributed by atoms with van der Waals surface area (Å²) in [4.78, 5) is 10.9. The number of aliphatic hydroxyl groups is 2. The topological polar surface area (TPSA) is 76.0 Å². The fourth-order valence-electron chi connectivity index (χ4n) is 1.41. The third kappa shape index (κ3) is 0.927. The molecule has 0 aromatic heterocycles. The monoisotopic (exact) mass is 256 g/mol. The summed E-state index contributed by atoms with van der Waals surface area (Å²) in [5.41, 5.74) is 0. The number of alkyl halides is 2. The van der Waals surface area contributed by atoms with Gasteiger partial charge in [-0.2, -0.15) is 0 Å². The summed E-state index contributed by atoms with van der Waals surface area (Å²) < 4.78 is 19.7. The molecule has 5 nitrogen and oxygen atoms in total. The maximum absolute atomic E-state index is 13.5. The van der Waals surface area contributed by atoms with Crippen molar-refractivity contribution in [3.05, 3.63) is 0 Å². The third-order valence-corrected chi connectivity index (χ3v) is 3.04. The third-order valence-electron chi connectivity index (χ3n) is 2.15. The van der Waals surface area contributed by atoms with Gasteiger partial charge in [0.15, 0.2) is 6.10 Å². The summed E-state index contributed by atoms with van der Waals surface area (Å²) in [6.07, 6.45) is -2.58. The van der Waals surface area contributed by atoms with Crippen LogP contribution in [0.4, 0.5) is 4.39 Å². The van der Waals surface area contributed by atoms with E-state index in [2.05, 4.69) is 25.4 Å². The normalized spacial score (nSPS) is 54.9. The van der Waals surface area contributed by atoms with Crippen LogP contribution in [-0.4, -0.2) is 45.4 Å². The molecule has 2 heterocycles. The average molecular weight is 257 g/mol. The van der Waals surface area contributed by atoms with Gasteiger partial charge in [-0.05, 0) is 15.9 Å². The number of ether oxygens (including phenoxy) is 2. The van der Waals surface area contributed by atoms with Gasteiger partial charge in [0, 0.05) is 0 Å². The lowest BCUT2D eigenvalue weighted by Crippen LogP contribution is -2.51. The molecule has 0 spiro atoms. The van der Waals surface area contributed by atoms with E-state index in [0.29, 0.717) is 0 Å². The molecule has 0 radical (unpaired) electrons. The number of carbonyl (C=O) groups excluding carboxylic acids is 1. The minimum Gasteiger partial charge on any atom is -0.450 e. The van der Waals surface area contributed by atoms with Gasteiger partial charge in [0.1, 0.15) is 6.10 Å². The van der Waals surface area contributed by atoms with Crippen molar-refractivity contribution in [3.63, 3.8) is 0 Å². The van der Waals surface area contributed by atoms with Crippen molar-refractivity contribution in [3.8, 4) is 0 Å². The maximum Gasteiger partial charge on any atom is 0.361 e.